The van der Waals surface area contributed by atoms with Gasteiger partial charge in [-0.25, -0.2) is 0 Å². The van der Waals surface area contributed by atoms with Gasteiger partial charge in [-0.1, -0.05) is 39.5 Å². The number of hydrogen-bond acceptors (Lipinski definition) is 2. The Hall–Kier alpha value is -0.570. The number of nitrogens with zero attached hydrogens (tertiary/aromatic N) is 1. The third-order valence-corrected chi connectivity index (χ3v) is 3.99. The third-order valence-electron chi connectivity index (χ3n) is 3.99. The lowest BCUT2D eigenvalue weighted by Gasteiger charge is -2.35. The number of rotatable bonds is 5. The normalized spacial score (nSPS) is 26.6. The van der Waals surface area contributed by atoms with Gasteiger partial charge >= 0.3 is 0 Å². The molecule has 0 aromatic rings. The topological polar surface area (TPSA) is 46.3 Å². The van der Waals surface area contributed by atoms with Crippen LogP contribution >= 0.6 is 0 Å². The van der Waals surface area contributed by atoms with E-state index in [0.717, 1.165) is 38.0 Å². The smallest absolute Gasteiger partial charge is 0.239 e. The first kappa shape index (κ1) is 14.5. The molecular weight excluding hydrogens is 212 g/mol. The van der Waals surface area contributed by atoms with Crippen LogP contribution in [0.1, 0.15) is 58.8 Å². The Labute approximate surface area is 106 Å². The van der Waals surface area contributed by atoms with Gasteiger partial charge in [0.05, 0.1) is 6.04 Å². The molecule has 0 aromatic carbocycles. The zero-order chi connectivity index (χ0) is 12.8. The average molecular weight is 240 g/mol. The molecule has 1 aliphatic rings. The van der Waals surface area contributed by atoms with Gasteiger partial charge in [0.25, 0.3) is 0 Å². The summed E-state index contributed by atoms with van der Waals surface area (Å²) in [6.07, 6.45) is 7.80. The molecule has 0 heterocycles. The summed E-state index contributed by atoms with van der Waals surface area (Å²) < 4.78 is 0. The first-order valence-corrected chi connectivity index (χ1v) is 7.08. The van der Waals surface area contributed by atoms with Gasteiger partial charge in [-0.3, -0.25) is 4.79 Å². The number of likely N-dealkylation sites (N-methyl/N-ethyl adjacent to an activating group) is 1. The van der Waals surface area contributed by atoms with Crippen LogP contribution in [0.15, 0.2) is 0 Å². The second kappa shape index (κ2) is 7.00. The molecule has 17 heavy (non-hydrogen) atoms. The Morgan fingerprint density at radius 2 is 2.18 bits per heavy atom. The van der Waals surface area contributed by atoms with Crippen molar-refractivity contribution in [3.05, 3.63) is 0 Å². The van der Waals surface area contributed by atoms with Gasteiger partial charge in [0, 0.05) is 13.1 Å². The largest absolute Gasteiger partial charge is 0.341 e. The second-order valence-corrected chi connectivity index (χ2v) is 5.62. The van der Waals surface area contributed by atoms with E-state index in [4.69, 9.17) is 5.73 Å². The Morgan fingerprint density at radius 3 is 2.76 bits per heavy atom. The molecule has 0 radical (unpaired) electrons. The summed E-state index contributed by atoms with van der Waals surface area (Å²) >= 11 is 0. The van der Waals surface area contributed by atoms with Crippen LogP contribution in [0.25, 0.3) is 0 Å². The Kier molecular flexibility index (Phi) is 5.96. The van der Waals surface area contributed by atoms with Crippen LogP contribution in [0.4, 0.5) is 0 Å². The van der Waals surface area contributed by atoms with Crippen LogP contribution in [0.3, 0.4) is 0 Å². The van der Waals surface area contributed by atoms with Crippen molar-refractivity contribution in [2.45, 2.75) is 70.9 Å². The van der Waals surface area contributed by atoms with E-state index in [0.29, 0.717) is 6.04 Å². The summed E-state index contributed by atoms with van der Waals surface area (Å²) in [6.45, 7) is 4.41. The van der Waals surface area contributed by atoms with E-state index in [1.807, 2.05) is 11.9 Å². The minimum atomic E-state index is -0.294. The fraction of sp³-hybridized carbons (Fsp3) is 0.929. The molecule has 1 aliphatic carbocycles. The van der Waals surface area contributed by atoms with E-state index in [-0.39, 0.29) is 11.9 Å². The van der Waals surface area contributed by atoms with Crippen molar-refractivity contribution in [3.8, 4) is 0 Å². The molecule has 0 aromatic heterocycles. The van der Waals surface area contributed by atoms with Gasteiger partial charge in [0.2, 0.25) is 5.91 Å². The van der Waals surface area contributed by atoms with Crippen molar-refractivity contribution in [1.82, 2.24) is 4.90 Å². The molecule has 3 atom stereocenters. The highest BCUT2D eigenvalue weighted by Crippen LogP contribution is 2.27. The van der Waals surface area contributed by atoms with Crippen molar-refractivity contribution in [2.75, 3.05) is 7.05 Å². The highest BCUT2D eigenvalue weighted by atomic mass is 16.2. The summed E-state index contributed by atoms with van der Waals surface area (Å²) in [6, 6.07) is 0.121. The minimum absolute atomic E-state index is 0.137. The van der Waals surface area contributed by atoms with Crippen molar-refractivity contribution < 1.29 is 4.79 Å². The fourth-order valence-electron chi connectivity index (χ4n) is 2.74. The second-order valence-electron chi connectivity index (χ2n) is 5.62. The number of carbonyl (C=O) groups excluding carboxylic acids is 1. The van der Waals surface area contributed by atoms with Crippen molar-refractivity contribution >= 4 is 5.91 Å². The van der Waals surface area contributed by atoms with Crippen LogP contribution in [-0.2, 0) is 4.79 Å². The van der Waals surface area contributed by atoms with Crippen molar-refractivity contribution in [2.24, 2.45) is 11.7 Å². The van der Waals surface area contributed by atoms with Gasteiger partial charge < -0.3 is 10.6 Å². The van der Waals surface area contributed by atoms with E-state index in [1.165, 1.54) is 12.8 Å². The van der Waals surface area contributed by atoms with Gasteiger partial charge in [-0.05, 0) is 25.2 Å². The Morgan fingerprint density at radius 1 is 1.47 bits per heavy atom. The van der Waals surface area contributed by atoms with E-state index >= 15 is 0 Å². The predicted molar refractivity (Wildman–Crippen MR) is 71.7 cm³/mol. The quantitative estimate of drug-likeness (QED) is 0.802. The molecular formula is C14H28N2O. The molecule has 3 nitrogen and oxygen atoms in total. The van der Waals surface area contributed by atoms with Gasteiger partial charge in [-0.15, -0.1) is 0 Å². The zero-order valence-electron chi connectivity index (χ0n) is 11.6. The molecule has 0 aliphatic heterocycles. The molecule has 0 spiro atoms. The van der Waals surface area contributed by atoms with E-state index in [9.17, 15) is 4.79 Å². The number of hydrogen-bond donors (Lipinski definition) is 1. The van der Waals surface area contributed by atoms with Gasteiger partial charge in [0.15, 0.2) is 0 Å². The summed E-state index contributed by atoms with van der Waals surface area (Å²) in [5.41, 5.74) is 5.95. The molecule has 1 rings (SSSR count). The molecule has 1 fully saturated rings. The average Bonchev–Trinajstić information content (AvgIpc) is 2.34. The summed E-state index contributed by atoms with van der Waals surface area (Å²) in [4.78, 5) is 14.1. The van der Waals surface area contributed by atoms with E-state index < -0.39 is 0 Å². The molecule has 0 saturated heterocycles. The zero-order valence-corrected chi connectivity index (χ0v) is 11.6. The van der Waals surface area contributed by atoms with Crippen LogP contribution in [0.5, 0.6) is 0 Å². The monoisotopic (exact) mass is 240 g/mol. The predicted octanol–water partition coefficient (Wildman–Crippen LogP) is 2.54. The third kappa shape index (κ3) is 4.30. The number of nitrogens with two attached hydrogens (primary N) is 1. The molecule has 0 bridgehead atoms. The number of carbonyl (C=O) groups is 1. The molecule has 100 valence electrons. The van der Waals surface area contributed by atoms with Crippen molar-refractivity contribution in [3.63, 3.8) is 0 Å². The maximum Gasteiger partial charge on any atom is 0.239 e. The van der Waals surface area contributed by atoms with Gasteiger partial charge in [0.1, 0.15) is 0 Å². The van der Waals surface area contributed by atoms with Crippen LogP contribution in [-0.4, -0.2) is 29.9 Å². The van der Waals surface area contributed by atoms with Crippen molar-refractivity contribution in [1.29, 1.82) is 0 Å². The first-order valence-electron chi connectivity index (χ1n) is 7.08. The minimum Gasteiger partial charge on any atom is -0.341 e. The maximum absolute atomic E-state index is 12.2. The van der Waals surface area contributed by atoms with E-state index in [2.05, 4.69) is 13.8 Å². The van der Waals surface area contributed by atoms with Crippen LogP contribution in [0, 0.1) is 5.92 Å². The standard InChI is InChI=1S/C14H28N2O/c1-4-5-9-13(15)14(17)16(3)12-8-6-7-11(2)10-12/h11-13H,4-10,15H2,1-3H3. The summed E-state index contributed by atoms with van der Waals surface area (Å²) in [7, 11) is 1.93. The maximum atomic E-state index is 12.2. The lowest BCUT2D eigenvalue weighted by Crippen LogP contribution is -2.47. The van der Waals surface area contributed by atoms with Gasteiger partial charge in [-0.2, -0.15) is 0 Å². The summed E-state index contributed by atoms with van der Waals surface area (Å²) in [5, 5.41) is 0. The Bertz CT molecular complexity index is 242. The highest BCUT2D eigenvalue weighted by Gasteiger charge is 2.27. The Balaban J connectivity index is 2.44. The molecule has 1 saturated carbocycles. The molecule has 3 unspecified atom stereocenters. The number of amides is 1. The molecule has 1 amide bonds. The SMILES string of the molecule is CCCCC(N)C(=O)N(C)C1CCCC(C)C1. The first-order chi connectivity index (χ1) is 8.06. The lowest BCUT2D eigenvalue weighted by atomic mass is 9.86. The number of unbranched alkanes of at least 4 members (excludes halogenated alkanes) is 1. The van der Waals surface area contributed by atoms with E-state index in [1.54, 1.807) is 0 Å². The molecule has 3 heteroatoms. The molecule has 2 N–H and O–H groups in total. The van der Waals surface area contributed by atoms with Crippen LogP contribution in [0.2, 0.25) is 0 Å². The fourth-order valence-corrected chi connectivity index (χ4v) is 2.74. The lowest BCUT2D eigenvalue weighted by molar-refractivity contribution is -0.134. The van der Waals surface area contributed by atoms with Crippen LogP contribution < -0.4 is 5.73 Å². The summed E-state index contributed by atoms with van der Waals surface area (Å²) in [5.74, 6) is 0.883. The highest BCUT2D eigenvalue weighted by molar-refractivity contribution is 5.81.